The van der Waals surface area contributed by atoms with Crippen LogP contribution in [0.25, 0.3) is 0 Å². The normalized spacial score (nSPS) is 21.6. The van der Waals surface area contributed by atoms with Gasteiger partial charge in [-0.25, -0.2) is 8.42 Å². The number of esters is 3. The number of hydrogen-bond acceptors (Lipinski definition) is 9. The molecule has 1 aromatic rings. The number of hydrogen-bond donors (Lipinski definition) is 0. The number of benzene rings is 1. The summed E-state index contributed by atoms with van der Waals surface area (Å²) >= 11 is 0. The van der Waals surface area contributed by atoms with Gasteiger partial charge in [-0.3, -0.25) is 14.4 Å². The van der Waals surface area contributed by atoms with Crippen molar-refractivity contribution in [3.63, 3.8) is 0 Å². The lowest BCUT2D eigenvalue weighted by atomic mass is 10.1. The first-order valence-electron chi connectivity index (χ1n) is 9.79. The van der Waals surface area contributed by atoms with Gasteiger partial charge in [0.2, 0.25) is 10.0 Å². The molecule has 32 heavy (non-hydrogen) atoms. The molecule has 1 aliphatic heterocycles. The van der Waals surface area contributed by atoms with Crippen LogP contribution < -0.4 is 0 Å². The predicted molar refractivity (Wildman–Crippen MR) is 112 cm³/mol. The zero-order chi connectivity index (χ0) is 24.1. The number of ether oxygens (including phenoxy) is 4. The summed E-state index contributed by atoms with van der Waals surface area (Å²) in [6, 6.07) is 4.86. The standard InChI is InChI=1S/C21H27NO9S/c1-13-6-8-17(9-7-13)32(26,27)22(14(2)21(25)28-5)20-11-10-18(30-16(4)24)19(31-20)12-29-15(3)23/h6-11,14,18-20H,12H2,1-5H3/t14?,18-,19+,20?/m0/s1. The molecule has 0 spiro atoms. The molecule has 0 amide bonds. The van der Waals surface area contributed by atoms with Gasteiger partial charge < -0.3 is 18.9 Å². The molecule has 0 bridgehead atoms. The van der Waals surface area contributed by atoms with Crippen molar-refractivity contribution in [1.82, 2.24) is 4.31 Å². The molecule has 0 saturated carbocycles. The van der Waals surface area contributed by atoms with Crippen LogP contribution >= 0.6 is 0 Å². The predicted octanol–water partition coefficient (Wildman–Crippen LogP) is 1.32. The van der Waals surface area contributed by atoms with Crippen molar-refractivity contribution in [3.8, 4) is 0 Å². The molecule has 2 rings (SSSR count). The molecule has 1 aromatic carbocycles. The maximum absolute atomic E-state index is 13.5. The van der Waals surface area contributed by atoms with E-state index in [1.54, 1.807) is 12.1 Å². The molecule has 0 aromatic heterocycles. The second-order valence-electron chi connectivity index (χ2n) is 7.17. The third kappa shape index (κ3) is 6.15. The summed E-state index contributed by atoms with van der Waals surface area (Å²) in [5, 5.41) is 0. The largest absolute Gasteiger partial charge is 0.468 e. The molecular weight excluding hydrogens is 442 g/mol. The zero-order valence-electron chi connectivity index (χ0n) is 18.5. The lowest BCUT2D eigenvalue weighted by Gasteiger charge is -2.38. The van der Waals surface area contributed by atoms with Crippen molar-refractivity contribution in [3.05, 3.63) is 42.0 Å². The SMILES string of the molecule is COC(=O)C(C)N(C1C=C[C@H](OC(C)=O)[C@@H](COC(C)=O)O1)S(=O)(=O)c1ccc(C)cc1. The highest BCUT2D eigenvalue weighted by molar-refractivity contribution is 7.89. The third-order valence-corrected chi connectivity index (χ3v) is 6.62. The molecule has 2 unspecified atom stereocenters. The quantitative estimate of drug-likeness (QED) is 0.315. The lowest BCUT2D eigenvalue weighted by Crippen LogP contribution is -2.54. The van der Waals surface area contributed by atoms with E-state index in [0.29, 0.717) is 0 Å². The van der Waals surface area contributed by atoms with Crippen LogP contribution in [0.4, 0.5) is 0 Å². The number of nitrogens with zero attached hydrogens (tertiary/aromatic N) is 1. The van der Waals surface area contributed by atoms with Crippen molar-refractivity contribution in [2.75, 3.05) is 13.7 Å². The summed E-state index contributed by atoms with van der Waals surface area (Å²) < 4.78 is 48.6. The average molecular weight is 470 g/mol. The van der Waals surface area contributed by atoms with E-state index < -0.39 is 52.4 Å². The van der Waals surface area contributed by atoms with Crippen LogP contribution in [0.15, 0.2) is 41.3 Å². The number of sulfonamides is 1. The fourth-order valence-electron chi connectivity index (χ4n) is 3.09. The Morgan fingerprint density at radius 1 is 1.09 bits per heavy atom. The Morgan fingerprint density at radius 3 is 2.25 bits per heavy atom. The van der Waals surface area contributed by atoms with Crippen molar-refractivity contribution in [2.24, 2.45) is 0 Å². The third-order valence-electron chi connectivity index (χ3n) is 4.67. The van der Waals surface area contributed by atoms with Crippen LogP contribution in [0.3, 0.4) is 0 Å². The number of aryl methyl sites for hydroxylation is 1. The molecule has 1 heterocycles. The van der Waals surface area contributed by atoms with Crippen molar-refractivity contribution < 1.29 is 41.7 Å². The molecule has 0 radical (unpaired) electrons. The fraction of sp³-hybridized carbons (Fsp3) is 0.476. The molecule has 0 fully saturated rings. The van der Waals surface area contributed by atoms with E-state index in [0.717, 1.165) is 17.0 Å². The van der Waals surface area contributed by atoms with Gasteiger partial charge in [0.15, 0.2) is 0 Å². The zero-order valence-corrected chi connectivity index (χ0v) is 19.3. The number of methoxy groups -OCH3 is 1. The molecule has 11 heteroatoms. The number of carbonyl (C=O) groups excluding carboxylic acids is 3. The van der Waals surface area contributed by atoms with Gasteiger partial charge in [-0.2, -0.15) is 4.31 Å². The molecular formula is C21H27NO9S. The van der Waals surface area contributed by atoms with Crippen LogP contribution in [0, 0.1) is 6.92 Å². The summed E-state index contributed by atoms with van der Waals surface area (Å²) in [6.45, 7) is 5.29. The Labute approximate surface area is 187 Å². The van der Waals surface area contributed by atoms with E-state index in [1.165, 1.54) is 45.1 Å². The highest BCUT2D eigenvalue weighted by Gasteiger charge is 2.43. The number of rotatable bonds is 8. The molecule has 0 N–H and O–H groups in total. The lowest BCUT2D eigenvalue weighted by molar-refractivity contribution is -0.172. The first-order chi connectivity index (χ1) is 15.0. The van der Waals surface area contributed by atoms with E-state index in [1.807, 2.05) is 6.92 Å². The van der Waals surface area contributed by atoms with Crippen molar-refractivity contribution in [1.29, 1.82) is 0 Å². The van der Waals surface area contributed by atoms with Crippen LogP contribution in [0.1, 0.15) is 26.3 Å². The van der Waals surface area contributed by atoms with E-state index >= 15 is 0 Å². The van der Waals surface area contributed by atoms with E-state index in [4.69, 9.17) is 18.9 Å². The van der Waals surface area contributed by atoms with Crippen LogP contribution in [0.2, 0.25) is 0 Å². The highest BCUT2D eigenvalue weighted by atomic mass is 32.2. The van der Waals surface area contributed by atoms with Gasteiger partial charge in [-0.15, -0.1) is 0 Å². The van der Waals surface area contributed by atoms with Gasteiger partial charge in [-0.1, -0.05) is 17.7 Å². The first-order valence-corrected chi connectivity index (χ1v) is 11.2. The minimum atomic E-state index is -4.23. The Morgan fingerprint density at radius 2 is 1.72 bits per heavy atom. The minimum absolute atomic E-state index is 0.0468. The number of carbonyl (C=O) groups is 3. The van der Waals surface area contributed by atoms with Gasteiger partial charge in [-0.05, 0) is 38.1 Å². The van der Waals surface area contributed by atoms with Crippen LogP contribution in [-0.2, 0) is 43.4 Å². The fourth-order valence-corrected chi connectivity index (χ4v) is 4.71. The second-order valence-corrected chi connectivity index (χ2v) is 9.02. The molecule has 0 aliphatic carbocycles. The maximum atomic E-state index is 13.5. The second kappa shape index (κ2) is 10.7. The highest BCUT2D eigenvalue weighted by Crippen LogP contribution is 2.28. The van der Waals surface area contributed by atoms with Crippen LogP contribution in [0.5, 0.6) is 0 Å². The molecule has 176 valence electrons. The minimum Gasteiger partial charge on any atom is -0.468 e. The van der Waals surface area contributed by atoms with Gasteiger partial charge in [0.05, 0.1) is 12.0 Å². The van der Waals surface area contributed by atoms with Crippen molar-refractivity contribution >= 4 is 27.9 Å². The van der Waals surface area contributed by atoms with Gasteiger partial charge in [0.25, 0.3) is 0 Å². The van der Waals surface area contributed by atoms with Gasteiger partial charge in [0.1, 0.15) is 31.1 Å². The van der Waals surface area contributed by atoms with Gasteiger partial charge in [0, 0.05) is 13.8 Å². The molecule has 4 atom stereocenters. The Balaban J connectivity index is 2.48. The summed E-state index contributed by atoms with van der Waals surface area (Å²) in [4.78, 5) is 34.9. The maximum Gasteiger partial charge on any atom is 0.324 e. The van der Waals surface area contributed by atoms with Gasteiger partial charge >= 0.3 is 17.9 Å². The van der Waals surface area contributed by atoms with E-state index in [-0.39, 0.29) is 11.5 Å². The Bertz CT molecular complexity index is 971. The van der Waals surface area contributed by atoms with E-state index in [9.17, 15) is 22.8 Å². The van der Waals surface area contributed by atoms with Crippen LogP contribution in [-0.4, -0.2) is 68.8 Å². The summed E-state index contributed by atoms with van der Waals surface area (Å²) in [5.74, 6) is -1.98. The molecule has 0 saturated heterocycles. The molecule has 1 aliphatic rings. The first kappa shape index (κ1) is 25.5. The van der Waals surface area contributed by atoms with Crippen molar-refractivity contribution in [2.45, 2.75) is 57.1 Å². The summed E-state index contributed by atoms with van der Waals surface area (Å²) in [5.41, 5.74) is 0.857. The monoisotopic (exact) mass is 469 g/mol. The summed E-state index contributed by atoms with van der Waals surface area (Å²) in [6.07, 6.45) is -0.379. The Hall–Kier alpha value is -2.76. The topological polar surface area (TPSA) is 126 Å². The smallest absolute Gasteiger partial charge is 0.324 e. The summed E-state index contributed by atoms with van der Waals surface area (Å²) in [7, 11) is -3.08. The Kier molecular flexibility index (Phi) is 8.53. The average Bonchev–Trinajstić information content (AvgIpc) is 2.72. The molecule has 10 nitrogen and oxygen atoms in total. The van der Waals surface area contributed by atoms with E-state index in [2.05, 4.69) is 0 Å².